The van der Waals surface area contributed by atoms with E-state index in [0.717, 1.165) is 43.9 Å². The lowest BCUT2D eigenvalue weighted by molar-refractivity contribution is 0.142. The first-order chi connectivity index (χ1) is 13.9. The average Bonchev–Trinajstić information content (AvgIpc) is 2.71. The molecule has 5 nitrogen and oxygen atoms in total. The maximum Gasteiger partial charge on any atom is 0.315 e. The molecule has 2 aromatic carbocycles. The SMILES string of the molecule is CC(NC(=O)NC(CN1CCN(C)CC1)c1ccccc1)c1ccc(F)c(F)c1. The van der Waals surface area contributed by atoms with Crippen molar-refractivity contribution >= 4 is 6.03 Å². The van der Waals surface area contributed by atoms with Crippen molar-refractivity contribution in [3.63, 3.8) is 0 Å². The topological polar surface area (TPSA) is 47.6 Å². The molecule has 0 saturated carbocycles. The summed E-state index contributed by atoms with van der Waals surface area (Å²) in [7, 11) is 2.11. The van der Waals surface area contributed by atoms with E-state index in [9.17, 15) is 13.6 Å². The first kappa shape index (κ1) is 21.2. The number of likely N-dealkylation sites (N-methyl/N-ethyl adjacent to an activating group) is 1. The van der Waals surface area contributed by atoms with Crippen molar-refractivity contribution in [3.05, 3.63) is 71.3 Å². The van der Waals surface area contributed by atoms with Crippen LogP contribution in [0.5, 0.6) is 0 Å². The van der Waals surface area contributed by atoms with Gasteiger partial charge in [-0.1, -0.05) is 36.4 Å². The quantitative estimate of drug-likeness (QED) is 0.779. The van der Waals surface area contributed by atoms with Crippen molar-refractivity contribution in [2.24, 2.45) is 0 Å². The van der Waals surface area contributed by atoms with Crippen LogP contribution in [-0.2, 0) is 0 Å². The third-order valence-electron chi connectivity index (χ3n) is 5.34. The van der Waals surface area contributed by atoms with Gasteiger partial charge in [0.1, 0.15) is 0 Å². The van der Waals surface area contributed by atoms with Crippen molar-refractivity contribution < 1.29 is 13.6 Å². The third-order valence-corrected chi connectivity index (χ3v) is 5.34. The number of hydrogen-bond acceptors (Lipinski definition) is 3. The van der Waals surface area contributed by atoms with Gasteiger partial charge in [-0.25, -0.2) is 13.6 Å². The van der Waals surface area contributed by atoms with E-state index in [4.69, 9.17) is 0 Å². The highest BCUT2D eigenvalue weighted by Crippen LogP contribution is 2.18. The number of amides is 2. The summed E-state index contributed by atoms with van der Waals surface area (Å²) < 4.78 is 26.6. The van der Waals surface area contributed by atoms with Gasteiger partial charge in [0.15, 0.2) is 11.6 Å². The van der Waals surface area contributed by atoms with E-state index in [1.54, 1.807) is 6.92 Å². The number of hydrogen-bond donors (Lipinski definition) is 2. The molecule has 29 heavy (non-hydrogen) atoms. The number of rotatable bonds is 6. The van der Waals surface area contributed by atoms with E-state index in [1.165, 1.54) is 6.07 Å². The Hall–Kier alpha value is -2.51. The normalized spacial score (nSPS) is 17.5. The molecule has 2 aromatic rings. The standard InChI is InChI=1S/C22H28F2N4O/c1-16(18-8-9-19(23)20(24)14-18)25-22(29)26-21(17-6-4-3-5-7-17)15-28-12-10-27(2)11-13-28/h3-9,14,16,21H,10-13,15H2,1-2H3,(H2,25,26,29). The molecular formula is C22H28F2N4O. The summed E-state index contributed by atoms with van der Waals surface area (Å²) in [5, 5.41) is 5.87. The first-order valence-corrected chi connectivity index (χ1v) is 9.90. The van der Waals surface area contributed by atoms with Crippen LogP contribution in [0.3, 0.4) is 0 Å². The molecule has 1 aliphatic rings. The molecule has 0 aliphatic carbocycles. The fourth-order valence-electron chi connectivity index (χ4n) is 3.47. The van der Waals surface area contributed by atoms with Crippen molar-refractivity contribution in [2.75, 3.05) is 39.8 Å². The molecular weight excluding hydrogens is 374 g/mol. The van der Waals surface area contributed by atoms with Gasteiger partial charge in [-0.2, -0.15) is 0 Å². The molecule has 2 atom stereocenters. The smallest absolute Gasteiger partial charge is 0.315 e. The molecule has 0 radical (unpaired) electrons. The largest absolute Gasteiger partial charge is 0.332 e. The average molecular weight is 402 g/mol. The molecule has 2 unspecified atom stereocenters. The van der Waals surface area contributed by atoms with Gasteiger partial charge in [-0.15, -0.1) is 0 Å². The number of halogens is 2. The second-order valence-corrected chi connectivity index (χ2v) is 7.58. The minimum atomic E-state index is -0.922. The summed E-state index contributed by atoms with van der Waals surface area (Å²) in [4.78, 5) is 17.3. The highest BCUT2D eigenvalue weighted by molar-refractivity contribution is 5.75. The van der Waals surface area contributed by atoms with E-state index in [0.29, 0.717) is 12.1 Å². The fraction of sp³-hybridized carbons (Fsp3) is 0.409. The Balaban J connectivity index is 1.64. The van der Waals surface area contributed by atoms with Crippen LogP contribution in [0.25, 0.3) is 0 Å². The van der Waals surface area contributed by atoms with E-state index in [-0.39, 0.29) is 12.1 Å². The Morgan fingerprint density at radius 3 is 2.31 bits per heavy atom. The van der Waals surface area contributed by atoms with Gasteiger partial charge in [-0.05, 0) is 37.2 Å². The summed E-state index contributed by atoms with van der Waals surface area (Å²) in [6, 6.07) is 12.5. The summed E-state index contributed by atoms with van der Waals surface area (Å²) in [5.74, 6) is -1.82. The molecule has 1 fully saturated rings. The predicted molar refractivity (Wildman–Crippen MR) is 110 cm³/mol. The zero-order valence-electron chi connectivity index (χ0n) is 16.9. The lowest BCUT2D eigenvalue weighted by Crippen LogP contribution is -2.49. The molecule has 0 spiro atoms. The van der Waals surface area contributed by atoms with Gasteiger partial charge < -0.3 is 15.5 Å². The van der Waals surface area contributed by atoms with Crippen LogP contribution in [0.4, 0.5) is 13.6 Å². The van der Waals surface area contributed by atoms with Crippen LogP contribution in [0.1, 0.15) is 30.1 Å². The van der Waals surface area contributed by atoms with Crippen LogP contribution in [-0.4, -0.2) is 55.6 Å². The maximum atomic E-state index is 13.5. The summed E-state index contributed by atoms with van der Waals surface area (Å²) in [5.41, 5.74) is 1.54. The van der Waals surface area contributed by atoms with Gasteiger partial charge in [0.2, 0.25) is 0 Å². The number of urea groups is 1. The number of nitrogens with one attached hydrogen (secondary N) is 2. The lowest BCUT2D eigenvalue weighted by atomic mass is 10.1. The molecule has 1 saturated heterocycles. The van der Waals surface area contributed by atoms with Gasteiger partial charge in [0, 0.05) is 32.7 Å². The summed E-state index contributed by atoms with van der Waals surface area (Å²) in [6.07, 6.45) is 0. The zero-order chi connectivity index (χ0) is 20.8. The van der Waals surface area contributed by atoms with Crippen molar-refractivity contribution in [1.29, 1.82) is 0 Å². The van der Waals surface area contributed by atoms with E-state index < -0.39 is 17.7 Å². The second-order valence-electron chi connectivity index (χ2n) is 7.58. The van der Waals surface area contributed by atoms with Gasteiger partial charge in [0.25, 0.3) is 0 Å². The Labute approximate surface area is 170 Å². The van der Waals surface area contributed by atoms with Crippen molar-refractivity contribution in [1.82, 2.24) is 20.4 Å². The van der Waals surface area contributed by atoms with E-state index >= 15 is 0 Å². The van der Waals surface area contributed by atoms with Crippen molar-refractivity contribution in [2.45, 2.75) is 19.0 Å². The second kappa shape index (κ2) is 9.80. The monoisotopic (exact) mass is 402 g/mol. The molecule has 0 aromatic heterocycles. The minimum Gasteiger partial charge on any atom is -0.332 e. The van der Waals surface area contributed by atoms with Gasteiger partial charge in [0.05, 0.1) is 12.1 Å². The molecule has 7 heteroatoms. The first-order valence-electron chi connectivity index (χ1n) is 9.90. The molecule has 2 amide bonds. The van der Waals surface area contributed by atoms with Gasteiger partial charge >= 0.3 is 6.03 Å². The van der Waals surface area contributed by atoms with Crippen LogP contribution in [0, 0.1) is 11.6 Å². The number of nitrogens with zero attached hydrogens (tertiary/aromatic N) is 2. The maximum absolute atomic E-state index is 13.5. The minimum absolute atomic E-state index is 0.170. The van der Waals surface area contributed by atoms with Crippen molar-refractivity contribution in [3.8, 4) is 0 Å². The summed E-state index contributed by atoms with van der Waals surface area (Å²) >= 11 is 0. The molecule has 1 aliphatic heterocycles. The molecule has 1 heterocycles. The van der Waals surface area contributed by atoms with Crippen LogP contribution >= 0.6 is 0 Å². The lowest BCUT2D eigenvalue weighted by Gasteiger charge is -2.35. The van der Waals surface area contributed by atoms with Gasteiger partial charge in [-0.3, -0.25) is 4.90 Å². The van der Waals surface area contributed by atoms with Crippen LogP contribution < -0.4 is 10.6 Å². The van der Waals surface area contributed by atoms with E-state index in [1.807, 2.05) is 30.3 Å². The Kier molecular flexibility index (Phi) is 7.17. The Bertz CT molecular complexity index is 810. The molecule has 0 bridgehead atoms. The predicted octanol–water partition coefficient (Wildman–Crippen LogP) is 3.31. The fourth-order valence-corrected chi connectivity index (χ4v) is 3.47. The Morgan fingerprint density at radius 2 is 1.66 bits per heavy atom. The number of carbonyl (C=O) groups is 1. The zero-order valence-corrected chi connectivity index (χ0v) is 16.9. The molecule has 3 rings (SSSR count). The van der Waals surface area contributed by atoms with Crippen LogP contribution in [0.15, 0.2) is 48.5 Å². The number of carbonyl (C=O) groups excluding carboxylic acids is 1. The Morgan fingerprint density at radius 1 is 0.966 bits per heavy atom. The highest BCUT2D eigenvalue weighted by Gasteiger charge is 2.22. The summed E-state index contributed by atoms with van der Waals surface area (Å²) in [6.45, 7) is 6.36. The number of piperazine rings is 1. The molecule has 156 valence electrons. The molecule has 2 N–H and O–H groups in total. The number of benzene rings is 2. The van der Waals surface area contributed by atoms with E-state index in [2.05, 4.69) is 27.5 Å². The highest BCUT2D eigenvalue weighted by atomic mass is 19.2. The third kappa shape index (κ3) is 5.98. The van der Waals surface area contributed by atoms with Crippen LogP contribution in [0.2, 0.25) is 0 Å².